The van der Waals surface area contributed by atoms with Crippen molar-refractivity contribution in [1.82, 2.24) is 39.7 Å². The zero-order valence-electron chi connectivity index (χ0n) is 22.7. The summed E-state index contributed by atoms with van der Waals surface area (Å²) in [4.78, 5) is 33.5. The topological polar surface area (TPSA) is 270 Å². The number of hydrogen-bond donors (Lipinski definition) is 7. The van der Waals surface area contributed by atoms with Crippen molar-refractivity contribution in [2.45, 2.75) is 50.5 Å². The van der Waals surface area contributed by atoms with E-state index in [0.717, 1.165) is 5.56 Å². The number of ether oxygens (including phenoxy) is 1. The molecule has 0 amide bonds. The van der Waals surface area contributed by atoms with Crippen LogP contribution < -0.4 is 11.1 Å². The Morgan fingerprint density at radius 1 is 1.12 bits per heavy atom. The zero-order valence-corrected chi connectivity index (χ0v) is 22.7. The van der Waals surface area contributed by atoms with Crippen LogP contribution in [0.1, 0.15) is 30.6 Å². The molecule has 5 rings (SSSR count). The molecule has 1 aliphatic heterocycles. The number of aryl methyl sites for hydroxylation is 1. The van der Waals surface area contributed by atoms with Gasteiger partial charge in [-0.1, -0.05) is 30.3 Å². The molecule has 0 spiro atoms. The number of aliphatic hydroxyl groups is 3. The standard InChI is InChI=1S/C21H26N10O4.C4H4O4/c1-2-31-28-18(27-29-31)16-14(33)15(34)20(35-16)30-10-23-13-17(22)25-21(26-19(13)30)24-12(9-32)8-11-6-4-3-5-7-11;5-3(6)1-2-4(7)8/h3-7,10,12,14-16,20,32-34H,2,8-9H2,1H3,(H3,22,24,25,26);1-2H,(H,5,6)(H,7,8)/b;2-1-/t12-,14?,15?,16?,20?;/m0./s1. The largest absolute Gasteiger partial charge is 0.478 e. The second-order valence-corrected chi connectivity index (χ2v) is 9.24. The smallest absolute Gasteiger partial charge is 0.328 e. The summed E-state index contributed by atoms with van der Waals surface area (Å²) in [6.45, 7) is 2.20. The first-order chi connectivity index (χ1) is 20.6. The number of nitrogen functional groups attached to an aromatic ring is 1. The second-order valence-electron chi connectivity index (χ2n) is 9.24. The van der Waals surface area contributed by atoms with Crippen molar-refractivity contribution in [3.05, 3.63) is 60.2 Å². The van der Waals surface area contributed by atoms with Crippen LogP contribution in [0.3, 0.4) is 0 Å². The predicted molar refractivity (Wildman–Crippen MR) is 147 cm³/mol. The number of imidazole rings is 1. The first-order valence-electron chi connectivity index (χ1n) is 13.0. The number of nitrogens with one attached hydrogen (secondary N) is 1. The van der Waals surface area contributed by atoms with E-state index in [4.69, 9.17) is 20.7 Å². The highest BCUT2D eigenvalue weighted by atomic mass is 16.6. The molecule has 18 heteroatoms. The van der Waals surface area contributed by atoms with Crippen LogP contribution in [0.4, 0.5) is 11.8 Å². The Kier molecular flexibility index (Phi) is 9.88. The molecule has 18 nitrogen and oxygen atoms in total. The normalized spacial score (nSPS) is 20.6. The number of carbonyl (C=O) groups is 2. The van der Waals surface area contributed by atoms with Crippen molar-refractivity contribution in [3.63, 3.8) is 0 Å². The van der Waals surface area contributed by atoms with Crippen LogP contribution in [0.2, 0.25) is 0 Å². The summed E-state index contributed by atoms with van der Waals surface area (Å²) in [5.41, 5.74) is 7.76. The number of carboxylic acids is 2. The fourth-order valence-electron chi connectivity index (χ4n) is 4.18. The third-order valence-electron chi connectivity index (χ3n) is 6.21. The molecule has 4 aromatic rings. The molecule has 4 heterocycles. The van der Waals surface area contributed by atoms with Gasteiger partial charge in [0.1, 0.15) is 17.7 Å². The maximum absolute atomic E-state index is 10.7. The first-order valence-corrected chi connectivity index (χ1v) is 13.0. The molecule has 228 valence electrons. The zero-order chi connectivity index (χ0) is 31.1. The molecule has 0 saturated carbocycles. The summed E-state index contributed by atoms with van der Waals surface area (Å²) >= 11 is 0. The quantitative estimate of drug-likeness (QED) is 0.109. The van der Waals surface area contributed by atoms with Gasteiger partial charge in [-0.15, -0.1) is 10.2 Å². The van der Waals surface area contributed by atoms with Gasteiger partial charge in [-0.25, -0.2) is 14.6 Å². The summed E-state index contributed by atoms with van der Waals surface area (Å²) in [5.74, 6) is -2.05. The molecule has 0 bridgehead atoms. The van der Waals surface area contributed by atoms with Crippen LogP contribution in [0.25, 0.3) is 11.2 Å². The number of carboxylic acid groups (broad SMARTS) is 2. The molecule has 8 N–H and O–H groups in total. The lowest BCUT2D eigenvalue weighted by molar-refractivity contribution is -0.134. The number of nitrogens with two attached hydrogens (primary N) is 1. The number of fused-ring (bicyclic) bond motifs is 1. The van der Waals surface area contributed by atoms with Crippen molar-refractivity contribution in [2.24, 2.45) is 0 Å². The first kappa shape index (κ1) is 30.9. The highest BCUT2D eigenvalue weighted by molar-refractivity contribution is 5.89. The highest BCUT2D eigenvalue weighted by Gasteiger charge is 2.47. The van der Waals surface area contributed by atoms with E-state index in [-0.39, 0.29) is 30.2 Å². The van der Waals surface area contributed by atoms with Gasteiger partial charge >= 0.3 is 11.9 Å². The van der Waals surface area contributed by atoms with Crippen LogP contribution in [-0.4, -0.2) is 102 Å². The Labute approximate surface area is 243 Å². The van der Waals surface area contributed by atoms with Crippen molar-refractivity contribution in [3.8, 4) is 0 Å². The monoisotopic (exact) mass is 598 g/mol. The van der Waals surface area contributed by atoms with Crippen LogP contribution in [-0.2, 0) is 27.3 Å². The van der Waals surface area contributed by atoms with Crippen LogP contribution in [0.15, 0.2) is 48.8 Å². The van der Waals surface area contributed by atoms with Gasteiger partial charge in [0.05, 0.1) is 25.5 Å². The summed E-state index contributed by atoms with van der Waals surface area (Å²) in [5, 5.41) is 61.9. The SMILES string of the molecule is CCn1nnc(C2OC(n3cnc4c(N)nc(N[C@H](CO)Cc5ccccc5)nc43)C(O)C2O)n1.O=C(O)/C=C\C(=O)O. The Hall–Kier alpha value is -5.04. The van der Waals surface area contributed by atoms with E-state index in [2.05, 4.69) is 35.7 Å². The fraction of sp³-hybridized carbons (Fsp3) is 0.360. The van der Waals surface area contributed by atoms with Crippen LogP contribution in [0, 0.1) is 0 Å². The summed E-state index contributed by atoms with van der Waals surface area (Å²) in [6.07, 6.45) is -1.57. The number of aliphatic hydroxyl groups excluding tert-OH is 3. The number of aromatic nitrogens is 8. The Morgan fingerprint density at radius 2 is 1.81 bits per heavy atom. The van der Waals surface area contributed by atoms with Crippen molar-refractivity contribution < 1.29 is 39.9 Å². The van der Waals surface area contributed by atoms with Crippen molar-refractivity contribution in [1.29, 1.82) is 0 Å². The fourth-order valence-corrected chi connectivity index (χ4v) is 4.18. The molecular formula is C25H30N10O8. The molecule has 4 unspecified atom stereocenters. The van der Waals surface area contributed by atoms with E-state index in [1.165, 1.54) is 15.7 Å². The lowest BCUT2D eigenvalue weighted by Crippen LogP contribution is -2.29. The van der Waals surface area contributed by atoms with E-state index >= 15 is 0 Å². The second kappa shape index (κ2) is 13.7. The van der Waals surface area contributed by atoms with Gasteiger partial charge in [-0.3, -0.25) is 4.57 Å². The van der Waals surface area contributed by atoms with E-state index in [0.29, 0.717) is 36.3 Å². The minimum Gasteiger partial charge on any atom is -0.478 e. The number of aliphatic carboxylic acids is 2. The van der Waals surface area contributed by atoms with Gasteiger partial charge in [0, 0.05) is 12.2 Å². The Balaban J connectivity index is 0.000000467. The van der Waals surface area contributed by atoms with Gasteiger partial charge in [0.15, 0.2) is 23.8 Å². The third kappa shape index (κ3) is 7.43. The molecule has 5 atom stereocenters. The molecule has 43 heavy (non-hydrogen) atoms. The van der Waals surface area contributed by atoms with Gasteiger partial charge in [0.2, 0.25) is 11.8 Å². The number of anilines is 2. The Morgan fingerprint density at radius 3 is 2.42 bits per heavy atom. The number of benzene rings is 1. The van der Waals surface area contributed by atoms with E-state index in [9.17, 15) is 24.9 Å². The molecular weight excluding hydrogens is 568 g/mol. The van der Waals surface area contributed by atoms with Crippen LogP contribution in [0.5, 0.6) is 0 Å². The van der Waals surface area contributed by atoms with Gasteiger partial charge in [0.25, 0.3) is 0 Å². The lowest BCUT2D eigenvalue weighted by Gasteiger charge is -2.18. The van der Waals surface area contributed by atoms with Gasteiger partial charge in [-0.2, -0.15) is 14.8 Å². The van der Waals surface area contributed by atoms with E-state index < -0.39 is 36.5 Å². The summed E-state index contributed by atoms with van der Waals surface area (Å²) in [6, 6.07) is 9.34. The minimum atomic E-state index is -1.32. The number of hydrogen-bond acceptors (Lipinski definition) is 14. The minimum absolute atomic E-state index is 0.116. The highest BCUT2D eigenvalue weighted by Crippen LogP contribution is 2.38. The lowest BCUT2D eigenvalue weighted by atomic mass is 10.1. The van der Waals surface area contributed by atoms with Gasteiger partial charge in [-0.05, 0) is 24.1 Å². The molecule has 1 aliphatic rings. The molecule has 3 aromatic heterocycles. The van der Waals surface area contributed by atoms with Crippen LogP contribution >= 0.6 is 0 Å². The summed E-state index contributed by atoms with van der Waals surface area (Å²) in [7, 11) is 0. The number of tetrazole rings is 1. The average molecular weight is 599 g/mol. The third-order valence-corrected chi connectivity index (χ3v) is 6.21. The van der Waals surface area contributed by atoms with Gasteiger partial charge < -0.3 is 41.3 Å². The molecule has 0 aliphatic carbocycles. The Bertz CT molecular complexity index is 1560. The number of nitrogens with zero attached hydrogens (tertiary/aromatic N) is 8. The molecule has 0 radical (unpaired) electrons. The van der Waals surface area contributed by atoms with Crippen molar-refractivity contribution >= 4 is 34.9 Å². The molecule has 1 aromatic carbocycles. The van der Waals surface area contributed by atoms with Crippen molar-refractivity contribution in [2.75, 3.05) is 17.7 Å². The maximum atomic E-state index is 10.7. The molecule has 1 saturated heterocycles. The average Bonchev–Trinajstić information content (AvgIpc) is 3.71. The maximum Gasteiger partial charge on any atom is 0.328 e. The van der Waals surface area contributed by atoms with E-state index in [1.54, 1.807) is 0 Å². The summed E-state index contributed by atoms with van der Waals surface area (Å²) < 4.78 is 7.40. The predicted octanol–water partition coefficient (Wildman–Crippen LogP) is -0.866. The number of rotatable bonds is 10. The molecule has 1 fully saturated rings. The van der Waals surface area contributed by atoms with E-state index in [1.807, 2.05) is 37.3 Å².